The van der Waals surface area contributed by atoms with Crippen LogP contribution in [0.15, 0.2) is 91.1 Å². The fourth-order valence-electron chi connectivity index (χ4n) is 4.18. The highest BCUT2D eigenvalue weighted by Crippen LogP contribution is 2.42. The summed E-state index contributed by atoms with van der Waals surface area (Å²) in [6.45, 7) is 6.28. The number of hydrogen-bond acceptors (Lipinski definition) is 1. The zero-order chi connectivity index (χ0) is 19.3. The first-order valence-corrected chi connectivity index (χ1v) is 9.58. The molecule has 0 N–H and O–H groups in total. The van der Waals surface area contributed by atoms with Crippen molar-refractivity contribution < 1.29 is 4.39 Å². The molecule has 0 aliphatic carbocycles. The van der Waals surface area contributed by atoms with Gasteiger partial charge in [-0.1, -0.05) is 74.2 Å². The normalized spacial score (nSPS) is 11.5. The first-order chi connectivity index (χ1) is 13.7. The minimum absolute atomic E-state index is 0.247. The second kappa shape index (κ2) is 6.35. The van der Waals surface area contributed by atoms with E-state index in [4.69, 9.17) is 0 Å². The molecule has 0 aliphatic rings. The van der Waals surface area contributed by atoms with Gasteiger partial charge >= 0.3 is 0 Å². The molecule has 0 saturated carbocycles. The quantitative estimate of drug-likeness (QED) is 0.294. The number of benzene rings is 5. The Morgan fingerprint density at radius 1 is 0.750 bits per heavy atom. The summed E-state index contributed by atoms with van der Waals surface area (Å²) in [7, 11) is 0. The van der Waals surface area contributed by atoms with Crippen LogP contribution in [0.1, 0.15) is 13.3 Å². The zero-order valence-electron chi connectivity index (χ0n) is 15.7. The Kier molecular flexibility index (Phi) is 3.80. The van der Waals surface area contributed by atoms with E-state index >= 15 is 0 Å². The van der Waals surface area contributed by atoms with Crippen LogP contribution in [-0.2, 0) is 0 Å². The van der Waals surface area contributed by atoms with Gasteiger partial charge in [-0.3, -0.25) is 0 Å². The van der Waals surface area contributed by atoms with Crippen LogP contribution in [0.3, 0.4) is 0 Å². The van der Waals surface area contributed by atoms with E-state index in [0.717, 1.165) is 23.2 Å². The largest absolute Gasteiger partial charge is 0.311 e. The third-order valence-corrected chi connectivity index (χ3v) is 5.56. The van der Waals surface area contributed by atoms with Crippen LogP contribution in [0.5, 0.6) is 0 Å². The van der Waals surface area contributed by atoms with E-state index in [2.05, 4.69) is 61.2 Å². The second-order valence-electron chi connectivity index (χ2n) is 7.15. The van der Waals surface area contributed by atoms with Crippen LogP contribution in [0.25, 0.3) is 32.3 Å². The standard InChI is InChI=1S/C26H20FN/c1-3-17(2)28(24-10-5-4-9-22(24)27)23-16-14-20-12-11-18-7-6-8-19-13-15-21(23)26(20)25(18)19/h4-16H,2-3H2,1H3. The highest BCUT2D eigenvalue weighted by Gasteiger charge is 2.20. The minimum atomic E-state index is -0.247. The van der Waals surface area contributed by atoms with Crippen molar-refractivity contribution in [3.8, 4) is 0 Å². The van der Waals surface area contributed by atoms with Gasteiger partial charge in [0.15, 0.2) is 0 Å². The number of halogens is 1. The molecule has 0 radical (unpaired) electrons. The van der Waals surface area contributed by atoms with Gasteiger partial charge in [-0.15, -0.1) is 0 Å². The topological polar surface area (TPSA) is 3.24 Å². The summed E-state index contributed by atoms with van der Waals surface area (Å²) >= 11 is 0. The van der Waals surface area contributed by atoms with Crippen LogP contribution >= 0.6 is 0 Å². The summed E-state index contributed by atoms with van der Waals surface area (Å²) in [5.74, 6) is -0.247. The molecule has 28 heavy (non-hydrogen) atoms. The van der Waals surface area contributed by atoms with Gasteiger partial charge in [0.05, 0.1) is 11.4 Å². The first-order valence-electron chi connectivity index (χ1n) is 9.58. The number of hydrogen-bond donors (Lipinski definition) is 0. The lowest BCUT2D eigenvalue weighted by Crippen LogP contribution is -2.17. The Morgan fingerprint density at radius 3 is 2.11 bits per heavy atom. The summed E-state index contributed by atoms with van der Waals surface area (Å²) in [4.78, 5) is 1.96. The van der Waals surface area contributed by atoms with E-state index in [1.807, 2.05) is 24.0 Å². The van der Waals surface area contributed by atoms with Crippen molar-refractivity contribution in [2.45, 2.75) is 13.3 Å². The molecule has 5 aromatic rings. The Labute approximate surface area is 163 Å². The molecule has 0 fully saturated rings. The monoisotopic (exact) mass is 365 g/mol. The van der Waals surface area contributed by atoms with Crippen molar-refractivity contribution in [2.75, 3.05) is 4.90 Å². The molecule has 0 atom stereocenters. The second-order valence-corrected chi connectivity index (χ2v) is 7.15. The lowest BCUT2D eigenvalue weighted by atomic mass is 9.93. The number of rotatable bonds is 4. The van der Waals surface area contributed by atoms with Crippen molar-refractivity contribution in [3.63, 3.8) is 0 Å². The molecule has 5 rings (SSSR count). The van der Waals surface area contributed by atoms with Crippen LogP contribution < -0.4 is 4.90 Å². The van der Waals surface area contributed by atoms with E-state index in [0.29, 0.717) is 5.69 Å². The molecule has 1 nitrogen and oxygen atoms in total. The fourth-order valence-corrected chi connectivity index (χ4v) is 4.18. The first kappa shape index (κ1) is 16.8. The Hall–Kier alpha value is -3.39. The predicted octanol–water partition coefficient (Wildman–Crippen LogP) is 7.78. The average molecular weight is 365 g/mol. The van der Waals surface area contributed by atoms with E-state index in [-0.39, 0.29) is 5.82 Å². The van der Waals surface area contributed by atoms with Gasteiger partial charge in [0.25, 0.3) is 0 Å². The summed E-state index contributed by atoms with van der Waals surface area (Å²) < 4.78 is 14.7. The van der Waals surface area contributed by atoms with Crippen molar-refractivity contribution in [3.05, 3.63) is 97.0 Å². The lowest BCUT2D eigenvalue weighted by molar-refractivity contribution is 0.627. The average Bonchev–Trinajstić information content (AvgIpc) is 2.74. The van der Waals surface area contributed by atoms with Crippen LogP contribution in [0.2, 0.25) is 0 Å². The van der Waals surface area contributed by atoms with Crippen LogP contribution in [0, 0.1) is 5.82 Å². The number of anilines is 2. The number of para-hydroxylation sites is 1. The molecule has 0 aromatic heterocycles. The SMILES string of the molecule is C=C(CC)N(c1ccccc1F)c1ccc2ccc3cccc4ccc1c2c34. The van der Waals surface area contributed by atoms with Gasteiger partial charge < -0.3 is 4.90 Å². The minimum Gasteiger partial charge on any atom is -0.311 e. The maximum Gasteiger partial charge on any atom is 0.147 e. The highest BCUT2D eigenvalue weighted by molar-refractivity contribution is 6.25. The summed E-state index contributed by atoms with van der Waals surface area (Å²) in [6, 6.07) is 26.1. The molecule has 2 heteroatoms. The molecule has 0 spiro atoms. The van der Waals surface area contributed by atoms with Crippen LogP contribution in [0.4, 0.5) is 15.8 Å². The molecule has 0 unspecified atom stereocenters. The Balaban J connectivity index is 1.89. The van der Waals surface area contributed by atoms with Gasteiger partial charge in [-0.2, -0.15) is 0 Å². The van der Waals surface area contributed by atoms with Gasteiger partial charge in [-0.25, -0.2) is 4.39 Å². The molecule has 136 valence electrons. The Bertz CT molecular complexity index is 1320. The third-order valence-electron chi connectivity index (χ3n) is 5.56. The molecule has 0 aliphatic heterocycles. The van der Waals surface area contributed by atoms with Crippen molar-refractivity contribution >= 4 is 43.7 Å². The molecule has 5 aromatic carbocycles. The van der Waals surface area contributed by atoms with Gasteiger partial charge in [0.2, 0.25) is 0 Å². The maximum absolute atomic E-state index is 14.7. The lowest BCUT2D eigenvalue weighted by Gasteiger charge is -2.29. The smallest absolute Gasteiger partial charge is 0.147 e. The van der Waals surface area contributed by atoms with Crippen molar-refractivity contribution in [2.24, 2.45) is 0 Å². The molecular formula is C26H20FN. The molecule has 0 amide bonds. The molecular weight excluding hydrogens is 345 g/mol. The molecule has 0 bridgehead atoms. The molecule has 0 heterocycles. The van der Waals surface area contributed by atoms with Crippen molar-refractivity contribution in [1.82, 2.24) is 0 Å². The van der Waals surface area contributed by atoms with Crippen LogP contribution in [-0.4, -0.2) is 0 Å². The summed E-state index contributed by atoms with van der Waals surface area (Å²) in [6.07, 6.45) is 0.732. The van der Waals surface area contributed by atoms with Gasteiger partial charge in [-0.05, 0) is 51.6 Å². The van der Waals surface area contributed by atoms with E-state index in [1.165, 1.54) is 33.0 Å². The van der Waals surface area contributed by atoms with E-state index in [1.54, 1.807) is 6.07 Å². The third kappa shape index (κ3) is 2.38. The Morgan fingerprint density at radius 2 is 1.39 bits per heavy atom. The zero-order valence-corrected chi connectivity index (χ0v) is 15.7. The van der Waals surface area contributed by atoms with E-state index in [9.17, 15) is 4.39 Å². The number of nitrogens with zero attached hydrogens (tertiary/aromatic N) is 1. The number of allylic oxidation sites excluding steroid dienone is 1. The highest BCUT2D eigenvalue weighted by atomic mass is 19.1. The summed E-state index contributed by atoms with van der Waals surface area (Å²) in [5.41, 5.74) is 2.35. The fraction of sp³-hybridized carbons (Fsp3) is 0.0769. The summed E-state index contributed by atoms with van der Waals surface area (Å²) in [5, 5.41) is 7.23. The maximum atomic E-state index is 14.7. The van der Waals surface area contributed by atoms with Gasteiger partial charge in [0.1, 0.15) is 5.82 Å². The van der Waals surface area contributed by atoms with Crippen molar-refractivity contribution in [1.29, 1.82) is 0 Å². The van der Waals surface area contributed by atoms with E-state index < -0.39 is 0 Å². The van der Waals surface area contributed by atoms with Gasteiger partial charge in [0, 0.05) is 11.1 Å². The predicted molar refractivity (Wildman–Crippen MR) is 118 cm³/mol. The molecule has 0 saturated heterocycles.